The van der Waals surface area contributed by atoms with Crippen molar-refractivity contribution in [2.24, 2.45) is 0 Å². The second-order valence-corrected chi connectivity index (χ2v) is 8.64. The van der Waals surface area contributed by atoms with Crippen LogP contribution in [0.15, 0.2) is 66.7 Å². The summed E-state index contributed by atoms with van der Waals surface area (Å²) < 4.78 is 6.13. The number of aryl methyl sites for hydroxylation is 3. The number of phenols is 3. The minimum absolute atomic E-state index is 0.115. The van der Waals surface area contributed by atoms with Gasteiger partial charge in [-0.15, -0.1) is 0 Å². The third-order valence-electron chi connectivity index (χ3n) is 6.27. The van der Waals surface area contributed by atoms with Gasteiger partial charge in [0.1, 0.15) is 28.7 Å². The van der Waals surface area contributed by atoms with Crippen molar-refractivity contribution in [1.29, 1.82) is 0 Å². The van der Waals surface area contributed by atoms with Crippen LogP contribution in [-0.4, -0.2) is 15.3 Å². The second-order valence-electron chi connectivity index (χ2n) is 8.64. The average molecular weight is 456 g/mol. The van der Waals surface area contributed by atoms with Gasteiger partial charge in [0, 0.05) is 6.07 Å². The molecule has 5 heteroatoms. The fraction of sp³-hybridized carbons (Fsp3) is 0.172. The summed E-state index contributed by atoms with van der Waals surface area (Å²) in [5.41, 5.74) is 6.58. The number of anilines is 3. The molecule has 174 valence electrons. The van der Waals surface area contributed by atoms with Gasteiger partial charge in [0.2, 0.25) is 0 Å². The van der Waals surface area contributed by atoms with Crippen LogP contribution in [-0.2, 0) is 0 Å². The van der Waals surface area contributed by atoms with Gasteiger partial charge < -0.3 is 25.0 Å². The molecule has 0 heterocycles. The second kappa shape index (κ2) is 9.02. The molecule has 0 atom stereocenters. The molecule has 5 nitrogen and oxygen atoms in total. The summed E-state index contributed by atoms with van der Waals surface area (Å²) in [6.07, 6.45) is 0. The Morgan fingerprint density at radius 3 is 1.76 bits per heavy atom. The van der Waals surface area contributed by atoms with Crippen molar-refractivity contribution in [3.63, 3.8) is 0 Å². The Balaban J connectivity index is 1.92. The molecule has 0 saturated carbocycles. The Bertz CT molecular complexity index is 1320. The first-order valence-electron chi connectivity index (χ1n) is 11.1. The molecular weight excluding hydrogens is 426 g/mol. The van der Waals surface area contributed by atoms with Crippen molar-refractivity contribution in [3.05, 3.63) is 94.5 Å². The molecule has 4 aromatic rings. The zero-order valence-corrected chi connectivity index (χ0v) is 20.0. The molecule has 0 fully saturated rings. The van der Waals surface area contributed by atoms with Crippen molar-refractivity contribution in [2.45, 2.75) is 34.6 Å². The van der Waals surface area contributed by atoms with Gasteiger partial charge in [0.05, 0.1) is 17.1 Å². The molecule has 0 amide bonds. The summed E-state index contributed by atoms with van der Waals surface area (Å²) in [5.74, 6) is 1.63. The maximum Gasteiger partial charge on any atom is 0.139 e. The first-order valence-corrected chi connectivity index (χ1v) is 11.1. The SMILES string of the molecule is Cc1cc(O)ccc1Oc1cccc(N(c2c(O)ccc(C)c2C)c2c(O)ccc(C)c2C)c1. The summed E-state index contributed by atoms with van der Waals surface area (Å²) in [7, 11) is 0. The quantitative estimate of drug-likeness (QED) is 0.289. The van der Waals surface area contributed by atoms with Gasteiger partial charge in [0.15, 0.2) is 0 Å². The van der Waals surface area contributed by atoms with E-state index in [1.807, 2.05) is 75.9 Å². The summed E-state index contributed by atoms with van der Waals surface area (Å²) in [4.78, 5) is 1.88. The van der Waals surface area contributed by atoms with Crippen molar-refractivity contribution in [2.75, 3.05) is 4.90 Å². The van der Waals surface area contributed by atoms with Crippen LogP contribution in [0.3, 0.4) is 0 Å². The highest BCUT2D eigenvalue weighted by Crippen LogP contribution is 2.48. The monoisotopic (exact) mass is 455 g/mol. The van der Waals surface area contributed by atoms with Crippen molar-refractivity contribution >= 4 is 17.1 Å². The van der Waals surface area contributed by atoms with E-state index in [-0.39, 0.29) is 17.2 Å². The Hall–Kier alpha value is -4.12. The molecule has 0 unspecified atom stereocenters. The first kappa shape index (κ1) is 23.1. The van der Waals surface area contributed by atoms with Crippen molar-refractivity contribution < 1.29 is 20.1 Å². The van der Waals surface area contributed by atoms with Crippen LogP contribution in [0.25, 0.3) is 0 Å². The third kappa shape index (κ3) is 4.25. The van der Waals surface area contributed by atoms with Crippen LogP contribution < -0.4 is 9.64 Å². The Morgan fingerprint density at radius 1 is 0.618 bits per heavy atom. The van der Waals surface area contributed by atoms with Crippen LogP contribution in [0.1, 0.15) is 27.8 Å². The minimum Gasteiger partial charge on any atom is -0.508 e. The Morgan fingerprint density at radius 2 is 1.21 bits per heavy atom. The highest BCUT2D eigenvalue weighted by atomic mass is 16.5. The van der Waals surface area contributed by atoms with Gasteiger partial charge in [-0.1, -0.05) is 18.2 Å². The predicted octanol–water partition coefficient (Wildman–Crippen LogP) is 7.61. The van der Waals surface area contributed by atoms with E-state index in [9.17, 15) is 15.3 Å². The van der Waals surface area contributed by atoms with E-state index in [1.54, 1.807) is 30.3 Å². The Kier molecular flexibility index (Phi) is 6.12. The van der Waals surface area contributed by atoms with Gasteiger partial charge >= 0.3 is 0 Å². The highest BCUT2D eigenvalue weighted by molar-refractivity contribution is 5.87. The van der Waals surface area contributed by atoms with Gasteiger partial charge in [-0.05, 0) is 105 Å². The van der Waals surface area contributed by atoms with Gasteiger partial charge in [-0.25, -0.2) is 0 Å². The van der Waals surface area contributed by atoms with Gasteiger partial charge in [-0.3, -0.25) is 0 Å². The van der Waals surface area contributed by atoms with Crippen LogP contribution in [0.5, 0.6) is 28.7 Å². The molecule has 34 heavy (non-hydrogen) atoms. The van der Waals surface area contributed by atoms with E-state index in [2.05, 4.69) is 0 Å². The summed E-state index contributed by atoms with van der Waals surface area (Å²) in [6, 6.07) is 19.6. The van der Waals surface area contributed by atoms with Crippen LogP contribution in [0, 0.1) is 34.6 Å². The number of phenolic OH excluding ortho intramolecular Hbond substituents is 3. The van der Waals surface area contributed by atoms with E-state index < -0.39 is 0 Å². The topological polar surface area (TPSA) is 73.2 Å². The lowest BCUT2D eigenvalue weighted by molar-refractivity contribution is 0.461. The summed E-state index contributed by atoms with van der Waals surface area (Å²) in [6.45, 7) is 9.77. The summed E-state index contributed by atoms with van der Waals surface area (Å²) in [5, 5.41) is 31.6. The summed E-state index contributed by atoms with van der Waals surface area (Å²) >= 11 is 0. The molecule has 0 radical (unpaired) electrons. The maximum atomic E-state index is 10.9. The van der Waals surface area contributed by atoms with E-state index in [1.165, 1.54) is 0 Å². The standard InChI is InChI=1S/C29H29NO4/c1-17-9-12-25(32)28(20(17)4)30(29-21(5)18(2)10-13-26(29)33)22-7-6-8-24(16-22)34-27-14-11-23(31)15-19(27)3/h6-16,31-33H,1-5H3. The number of rotatable bonds is 5. The van der Waals surface area contributed by atoms with Crippen LogP contribution >= 0.6 is 0 Å². The van der Waals surface area contributed by atoms with E-state index >= 15 is 0 Å². The molecule has 4 aromatic carbocycles. The lowest BCUT2D eigenvalue weighted by atomic mass is 10.0. The van der Waals surface area contributed by atoms with E-state index in [4.69, 9.17) is 4.74 Å². The van der Waals surface area contributed by atoms with Gasteiger partial charge in [-0.2, -0.15) is 0 Å². The lowest BCUT2D eigenvalue weighted by Crippen LogP contribution is -2.14. The fourth-order valence-electron chi connectivity index (χ4n) is 4.07. The zero-order chi connectivity index (χ0) is 24.6. The Labute approximate surface area is 200 Å². The number of ether oxygens (including phenoxy) is 1. The third-order valence-corrected chi connectivity index (χ3v) is 6.27. The molecule has 0 saturated heterocycles. The normalized spacial score (nSPS) is 10.9. The van der Waals surface area contributed by atoms with Crippen molar-refractivity contribution in [3.8, 4) is 28.7 Å². The molecule has 3 N–H and O–H groups in total. The highest BCUT2D eigenvalue weighted by Gasteiger charge is 2.24. The number of aromatic hydroxyl groups is 3. The number of nitrogens with zero attached hydrogens (tertiary/aromatic N) is 1. The molecule has 0 aromatic heterocycles. The predicted molar refractivity (Wildman–Crippen MR) is 136 cm³/mol. The van der Waals surface area contributed by atoms with Crippen molar-refractivity contribution in [1.82, 2.24) is 0 Å². The molecule has 0 aliphatic carbocycles. The first-order chi connectivity index (χ1) is 16.2. The smallest absolute Gasteiger partial charge is 0.139 e. The minimum atomic E-state index is 0.115. The zero-order valence-electron chi connectivity index (χ0n) is 20.0. The van der Waals surface area contributed by atoms with E-state index in [0.29, 0.717) is 22.9 Å². The lowest BCUT2D eigenvalue weighted by Gasteiger charge is -2.31. The average Bonchev–Trinajstić information content (AvgIpc) is 2.80. The van der Waals surface area contributed by atoms with E-state index in [0.717, 1.165) is 33.5 Å². The molecule has 0 bridgehead atoms. The maximum absolute atomic E-state index is 10.9. The number of hydrogen-bond donors (Lipinski definition) is 3. The molecule has 4 rings (SSSR count). The number of benzene rings is 4. The molecule has 0 aliphatic rings. The molecule has 0 aliphatic heterocycles. The fourth-order valence-corrected chi connectivity index (χ4v) is 4.07. The largest absolute Gasteiger partial charge is 0.508 e. The van der Waals surface area contributed by atoms with Crippen LogP contribution in [0.2, 0.25) is 0 Å². The van der Waals surface area contributed by atoms with Gasteiger partial charge in [0.25, 0.3) is 0 Å². The van der Waals surface area contributed by atoms with Crippen LogP contribution in [0.4, 0.5) is 17.1 Å². The molecular formula is C29H29NO4. The molecule has 0 spiro atoms. The number of hydrogen-bond acceptors (Lipinski definition) is 5.